The lowest BCUT2D eigenvalue weighted by Crippen LogP contribution is -2.56. The lowest BCUT2D eigenvalue weighted by Gasteiger charge is -2.42. The molecular weight excluding hydrogens is 1840 g/mol. The SMILES string of the molecule is C/C(=C\[C@@H](NC(=O)[C@@H](CC(=O)[C@@H](N(C)C)C(C)(C)c1ccccc1)C(C)(C)C)C(C)C)C(=O)CO.CC[C@H](C)[C@@H]([C@@H](CC(=O)N1CCC[C@H]1[C@H](OC)[C@@H](C)C(=O)N(C)[C@@H]([C@@H](C)CC)[C@@H](CC(=O)NO)OC)OC)N(C)C(=O)[C@@H](CC(=O)[C@H](C(C)C)N(C)C)C(C)C.CC[C@H](C)[C@@H]([C@@H](CC(=O)N1CCC[C@H]1[C@H](OC)[C@@H](C)C(=O)N[C@H](/C=C/C(=O)CO)CC(C)C)OC)N(C)C(=O)[C@@H](CC(=O)[C@H](C(C)C)N(C)C)C(C)C. The van der Waals surface area contributed by atoms with Crippen molar-refractivity contribution in [3.63, 3.8) is 0 Å². The molecule has 32 nitrogen and oxygen atoms in total. The van der Waals surface area contributed by atoms with Gasteiger partial charge in [0.2, 0.25) is 47.3 Å². The molecule has 2 saturated heterocycles. The largest absolute Gasteiger partial charge is 0.388 e. The number of Topliss-reactive ketones (excluding diaryl/α,β-unsaturated/α-hetero) is 4. The summed E-state index contributed by atoms with van der Waals surface area (Å²) in [4.78, 5) is 189. The van der Waals surface area contributed by atoms with Crippen LogP contribution >= 0.6 is 0 Å². The number of ether oxygens (including phenoxy) is 5. The van der Waals surface area contributed by atoms with Gasteiger partial charge in [-0.25, -0.2) is 5.48 Å². The molecule has 0 saturated carbocycles. The average molecular weight is 2040 g/mol. The van der Waals surface area contributed by atoms with E-state index in [9.17, 15) is 67.5 Å². The summed E-state index contributed by atoms with van der Waals surface area (Å²) in [6.45, 7) is 51.2. The van der Waals surface area contributed by atoms with Gasteiger partial charge < -0.3 is 69.0 Å². The minimum atomic E-state index is -0.662. The van der Waals surface area contributed by atoms with Crippen LogP contribution in [0.1, 0.15) is 275 Å². The standard InChI is InChI=1S/C42H79N5O9.C41H74N4O8.C29H46N2O4/c1-17-27(7)38(33(54-14)23-35(49)43-53)45(12)41(51)29(9)40(56-16)31-20-19-21-47(31)36(50)24-34(55-15)39(28(8)18-2)46(13)42(52)30(25(3)4)22-32(48)37(26(5)6)44(10)11;1-15-28(8)38(44(12)41(51)32(26(4)5)22-34(48)37(27(6)7)43(10)11)35(52-13)23-36(49)45-20-16-17-33(45)39(53-14)29(9)40(50)42-30(21-25(2)3)18-19-31(47)24-46;1-19(2)23(16-20(3)25(34)18-32)30-27(35)22(28(4,5)6)17-24(33)26(31(9)10)29(7,8)21-14-12-11-13-15-21/h25-31,33-34,37-40,53H,17-24H2,1-16H3,(H,43,49);18-19,25-30,32-33,35,37-39,46H,15-17,20-24H2,1-14H3,(H,42,50);11-16,19,22-23,26,32H,17-18H2,1-10H3,(H,30,35)/b;19-18+;20-16+/t27-,28-,29+,30-,31-,33+,34+,37-,38-,39-,40+;28-,29+,30+,32-,33-,35+,37-,38-,39+;22-,23-,26-/m001/s1. The first kappa shape index (κ1) is 134. The fraction of sp³-hybridized carbons (Fsp3) is 0.795. The van der Waals surface area contributed by atoms with Crippen molar-refractivity contribution >= 4 is 76.2 Å². The molecule has 2 fully saturated rings. The van der Waals surface area contributed by atoms with E-state index in [1.165, 1.54) is 13.2 Å². The van der Waals surface area contributed by atoms with E-state index in [2.05, 4.69) is 52.2 Å². The molecular formula is C112H199N11O21. The van der Waals surface area contributed by atoms with E-state index in [1.54, 1.807) is 112 Å². The third-order valence-electron chi connectivity index (χ3n) is 30.4. The molecule has 0 aliphatic carbocycles. The van der Waals surface area contributed by atoms with E-state index < -0.39 is 126 Å². The number of aliphatic hydroxyl groups is 2. The second kappa shape index (κ2) is 64.7. The minimum absolute atomic E-state index is 0.000671. The number of likely N-dealkylation sites (tertiary alicyclic amines) is 2. The number of nitrogens with one attached hydrogen (secondary N) is 3. The highest BCUT2D eigenvalue weighted by Crippen LogP contribution is 2.39. The van der Waals surface area contributed by atoms with Gasteiger partial charge in [-0.2, -0.15) is 0 Å². The van der Waals surface area contributed by atoms with E-state index in [4.69, 9.17) is 33.9 Å². The number of methoxy groups -OCH3 is 5. The number of amides is 8. The van der Waals surface area contributed by atoms with Gasteiger partial charge in [0.25, 0.3) is 0 Å². The van der Waals surface area contributed by atoms with Gasteiger partial charge in [0, 0.05) is 118 Å². The first-order valence-corrected chi connectivity index (χ1v) is 52.8. The molecule has 144 heavy (non-hydrogen) atoms. The molecule has 0 radical (unpaired) electrons. The summed E-state index contributed by atoms with van der Waals surface area (Å²) in [7, 11) is 24.3. The van der Waals surface area contributed by atoms with Crippen LogP contribution in [0.15, 0.2) is 54.1 Å². The van der Waals surface area contributed by atoms with Crippen molar-refractivity contribution in [2.24, 2.45) is 88.3 Å². The Morgan fingerprint density at radius 1 is 0.472 bits per heavy atom. The number of hydrogen-bond acceptors (Lipinski definition) is 24. The van der Waals surface area contributed by atoms with E-state index >= 15 is 0 Å². The van der Waals surface area contributed by atoms with Crippen LogP contribution in [0.4, 0.5) is 0 Å². The molecule has 0 aromatic heterocycles. The topological polar surface area (TPSA) is 391 Å². The minimum Gasteiger partial charge on any atom is -0.388 e. The van der Waals surface area contributed by atoms with Crippen molar-refractivity contribution in [1.29, 1.82) is 0 Å². The van der Waals surface area contributed by atoms with Crippen LogP contribution in [0.2, 0.25) is 0 Å². The van der Waals surface area contributed by atoms with Crippen molar-refractivity contribution in [2.75, 3.05) is 125 Å². The summed E-state index contributed by atoms with van der Waals surface area (Å²) >= 11 is 0. The van der Waals surface area contributed by atoms with Gasteiger partial charge in [-0.3, -0.25) is 82.2 Å². The summed E-state index contributed by atoms with van der Waals surface area (Å²) in [5, 5.41) is 33.6. The third kappa shape index (κ3) is 39.7. The Bertz CT molecular complexity index is 4150. The average Bonchev–Trinajstić information content (AvgIpc) is 1.46. The number of carbonyl (C=O) groups excluding carboxylic acids is 13. The molecule has 0 unspecified atom stereocenters. The molecule has 2 aliphatic rings. The number of hydroxylamine groups is 1. The second-order valence-corrected chi connectivity index (χ2v) is 45.3. The van der Waals surface area contributed by atoms with Crippen LogP contribution < -0.4 is 16.1 Å². The van der Waals surface area contributed by atoms with Crippen LogP contribution in [0.3, 0.4) is 0 Å². The monoisotopic (exact) mass is 2030 g/mol. The first-order chi connectivity index (χ1) is 67.0. The zero-order valence-corrected chi connectivity index (χ0v) is 96.4. The fourth-order valence-corrected chi connectivity index (χ4v) is 21.7. The molecule has 23 atom stereocenters. The molecule has 6 N–H and O–H groups in total. The summed E-state index contributed by atoms with van der Waals surface area (Å²) in [6.07, 6.45) is 7.48. The maximum atomic E-state index is 14.3. The van der Waals surface area contributed by atoms with Crippen molar-refractivity contribution in [2.45, 2.75) is 366 Å². The van der Waals surface area contributed by atoms with E-state index in [-0.39, 0.29) is 186 Å². The van der Waals surface area contributed by atoms with Crippen molar-refractivity contribution in [3.8, 4) is 0 Å². The molecule has 2 heterocycles. The van der Waals surface area contributed by atoms with E-state index in [1.807, 2.05) is 205 Å². The van der Waals surface area contributed by atoms with Gasteiger partial charge >= 0.3 is 0 Å². The number of benzene rings is 1. The number of carbonyl (C=O) groups is 13. The van der Waals surface area contributed by atoms with Crippen LogP contribution in [0.25, 0.3) is 0 Å². The van der Waals surface area contributed by atoms with Crippen molar-refractivity contribution in [3.05, 3.63) is 59.7 Å². The zero-order chi connectivity index (χ0) is 111. The number of nitrogens with zero attached hydrogens (tertiary/aromatic N) is 8. The maximum absolute atomic E-state index is 14.3. The summed E-state index contributed by atoms with van der Waals surface area (Å²) < 4.78 is 29.7. The summed E-state index contributed by atoms with van der Waals surface area (Å²) in [6, 6.07) is 6.17. The predicted molar refractivity (Wildman–Crippen MR) is 569 cm³/mol. The molecule has 32 heteroatoms. The smallest absolute Gasteiger partial charge is 0.246 e. The summed E-state index contributed by atoms with van der Waals surface area (Å²) in [5.74, 6) is -5.07. The Hall–Kier alpha value is -7.63. The van der Waals surface area contributed by atoms with Gasteiger partial charge in [-0.1, -0.05) is 235 Å². The zero-order valence-electron chi connectivity index (χ0n) is 96.4. The number of rotatable bonds is 61. The molecule has 3 rings (SSSR count). The van der Waals surface area contributed by atoms with Crippen LogP contribution in [0, 0.1) is 88.3 Å². The molecule has 0 spiro atoms. The lowest BCUT2D eigenvalue weighted by molar-refractivity contribution is -0.152. The fourth-order valence-electron chi connectivity index (χ4n) is 21.7. The first-order valence-electron chi connectivity index (χ1n) is 52.8. The highest BCUT2D eigenvalue weighted by atomic mass is 16.5. The quantitative estimate of drug-likeness (QED) is 0.0200. The van der Waals surface area contributed by atoms with Gasteiger partial charge in [-0.05, 0) is 157 Å². The Morgan fingerprint density at radius 3 is 1.19 bits per heavy atom. The van der Waals surface area contributed by atoms with Gasteiger partial charge in [0.05, 0.1) is 116 Å². The highest BCUT2D eigenvalue weighted by molar-refractivity contribution is 5.96. The highest BCUT2D eigenvalue weighted by Gasteiger charge is 2.50. The van der Waals surface area contributed by atoms with Gasteiger partial charge in [-0.15, -0.1) is 0 Å². The number of hydrogen-bond donors (Lipinski definition) is 6. The number of likely N-dealkylation sites (N-methyl/N-ethyl adjacent to an activating group) is 6. The normalized spacial score (nSPS) is 18.9. The van der Waals surface area contributed by atoms with Crippen LogP contribution in [-0.4, -0.2) is 347 Å². The lowest BCUT2D eigenvalue weighted by atomic mass is 9.71. The van der Waals surface area contributed by atoms with Gasteiger partial charge in [0.15, 0.2) is 28.9 Å². The van der Waals surface area contributed by atoms with Gasteiger partial charge in [0.1, 0.15) is 13.2 Å². The van der Waals surface area contributed by atoms with Crippen LogP contribution in [0.5, 0.6) is 0 Å². The molecule has 0 bridgehead atoms. The summed E-state index contributed by atoms with van der Waals surface area (Å²) in [5.41, 5.74) is 2.24. The molecule has 1 aromatic carbocycles. The molecule has 828 valence electrons. The Kier molecular flexibility index (Phi) is 60.4. The van der Waals surface area contributed by atoms with Crippen molar-refractivity contribution < 1.29 is 101 Å². The molecule has 8 amide bonds. The maximum Gasteiger partial charge on any atom is 0.246 e. The Balaban J connectivity index is 0.00000111. The van der Waals surface area contributed by atoms with E-state index in [0.717, 1.165) is 37.7 Å². The second-order valence-electron chi connectivity index (χ2n) is 45.3. The Labute approximate surface area is 867 Å². The van der Waals surface area contributed by atoms with E-state index in [0.29, 0.717) is 37.9 Å². The molecule has 1 aromatic rings. The molecule has 2 aliphatic heterocycles. The predicted octanol–water partition coefficient (Wildman–Crippen LogP) is 13.0. The number of aliphatic hydroxyl groups excluding tert-OH is 2. The van der Waals surface area contributed by atoms with Crippen molar-refractivity contribution in [1.82, 2.24) is 55.3 Å². The van der Waals surface area contributed by atoms with Crippen LogP contribution in [-0.2, 0) is 91.4 Å². The Morgan fingerprint density at radius 2 is 0.868 bits per heavy atom. The number of ketones is 5. The third-order valence-corrected chi connectivity index (χ3v) is 30.4.